The van der Waals surface area contributed by atoms with Crippen LogP contribution in [0.5, 0.6) is 0 Å². The number of carboxylic acid groups (broad SMARTS) is 1. The predicted molar refractivity (Wildman–Crippen MR) is 196 cm³/mol. The normalized spacial score (nSPS) is 11.1. The SMILES string of the molecule is Cc1nn2ccccc2c1-c1nc(Cc2ccccc2)c(C(=O)O)s1.Cc1nn2ccccc2c1-c1nc(Cc2ccccc2)c(C(N)=O)s1. The molecule has 3 N–H and O–H groups in total. The van der Waals surface area contributed by atoms with Gasteiger partial charge in [0.2, 0.25) is 0 Å². The first-order valence-corrected chi connectivity index (χ1v) is 17.4. The van der Waals surface area contributed by atoms with Gasteiger partial charge in [-0.3, -0.25) is 4.79 Å². The average molecular weight is 698 g/mol. The number of carboxylic acids is 1. The Bertz CT molecular complexity index is 2310. The summed E-state index contributed by atoms with van der Waals surface area (Å²) in [5, 5.41) is 20.1. The van der Waals surface area contributed by atoms with Gasteiger partial charge in [-0.25, -0.2) is 23.8 Å². The molecule has 0 fully saturated rings. The molecular formula is C38H31N7O3S2. The van der Waals surface area contributed by atoms with Crippen LogP contribution in [0.15, 0.2) is 109 Å². The van der Waals surface area contributed by atoms with E-state index in [0.717, 1.165) is 49.7 Å². The van der Waals surface area contributed by atoms with Gasteiger partial charge in [0, 0.05) is 25.2 Å². The number of pyridine rings is 2. The molecule has 12 heteroatoms. The molecule has 50 heavy (non-hydrogen) atoms. The third kappa shape index (κ3) is 6.53. The summed E-state index contributed by atoms with van der Waals surface area (Å²) in [5.74, 6) is -1.38. The van der Waals surface area contributed by atoms with Crippen molar-refractivity contribution in [2.45, 2.75) is 26.7 Å². The number of fused-ring (bicyclic) bond motifs is 2. The fraction of sp³-hybridized carbons (Fsp3) is 0.105. The number of rotatable bonds is 8. The maximum absolute atomic E-state index is 11.9. The number of hydrogen-bond acceptors (Lipinski definition) is 8. The van der Waals surface area contributed by atoms with Crippen LogP contribution in [0.1, 0.15) is 53.2 Å². The molecule has 0 radical (unpaired) electrons. The summed E-state index contributed by atoms with van der Waals surface area (Å²) >= 11 is 2.54. The van der Waals surface area contributed by atoms with Gasteiger partial charge in [-0.05, 0) is 49.2 Å². The molecule has 8 rings (SSSR count). The maximum atomic E-state index is 11.9. The number of nitrogens with two attached hydrogens (primary N) is 1. The Hall–Kier alpha value is -5.98. The third-order valence-corrected chi connectivity index (χ3v) is 10.3. The summed E-state index contributed by atoms with van der Waals surface area (Å²) in [5.41, 5.74) is 14.5. The minimum Gasteiger partial charge on any atom is -0.477 e. The van der Waals surface area contributed by atoms with Gasteiger partial charge >= 0.3 is 5.97 Å². The second-order valence-corrected chi connectivity index (χ2v) is 13.6. The molecular weight excluding hydrogens is 667 g/mol. The van der Waals surface area contributed by atoms with Crippen molar-refractivity contribution < 1.29 is 14.7 Å². The van der Waals surface area contributed by atoms with Crippen LogP contribution in [0.4, 0.5) is 0 Å². The van der Waals surface area contributed by atoms with Gasteiger partial charge in [0.25, 0.3) is 5.91 Å². The second kappa shape index (κ2) is 13.9. The highest BCUT2D eigenvalue weighted by Gasteiger charge is 2.23. The molecule has 0 bridgehead atoms. The molecule has 6 aromatic heterocycles. The number of amides is 1. The molecule has 10 nitrogen and oxygen atoms in total. The van der Waals surface area contributed by atoms with Gasteiger partial charge < -0.3 is 10.8 Å². The van der Waals surface area contributed by atoms with E-state index < -0.39 is 11.9 Å². The van der Waals surface area contributed by atoms with Crippen LogP contribution in [0.3, 0.4) is 0 Å². The summed E-state index contributed by atoms with van der Waals surface area (Å²) in [7, 11) is 0. The van der Waals surface area contributed by atoms with Crippen LogP contribution in [-0.2, 0) is 12.8 Å². The van der Waals surface area contributed by atoms with Crippen LogP contribution in [0.2, 0.25) is 0 Å². The van der Waals surface area contributed by atoms with E-state index in [1.807, 2.05) is 128 Å². The van der Waals surface area contributed by atoms with Gasteiger partial charge in [0.15, 0.2) is 0 Å². The van der Waals surface area contributed by atoms with Crippen molar-refractivity contribution >= 4 is 45.6 Å². The lowest BCUT2D eigenvalue weighted by atomic mass is 10.1. The molecule has 0 saturated carbocycles. The van der Waals surface area contributed by atoms with Crippen molar-refractivity contribution in [3.63, 3.8) is 0 Å². The Morgan fingerprint density at radius 3 is 1.50 bits per heavy atom. The van der Waals surface area contributed by atoms with Crippen molar-refractivity contribution in [3.8, 4) is 21.1 Å². The molecule has 0 aliphatic carbocycles. The van der Waals surface area contributed by atoms with E-state index in [0.29, 0.717) is 34.1 Å². The van der Waals surface area contributed by atoms with Crippen LogP contribution < -0.4 is 5.73 Å². The van der Waals surface area contributed by atoms with Crippen LogP contribution in [0.25, 0.3) is 32.2 Å². The van der Waals surface area contributed by atoms with Crippen molar-refractivity contribution in [3.05, 3.63) is 153 Å². The first-order valence-electron chi connectivity index (χ1n) is 15.8. The minimum absolute atomic E-state index is 0.286. The Kier molecular flexibility index (Phi) is 9.03. The van der Waals surface area contributed by atoms with E-state index in [9.17, 15) is 14.7 Å². The molecule has 0 spiro atoms. The van der Waals surface area contributed by atoms with Gasteiger partial charge in [0.1, 0.15) is 19.8 Å². The predicted octanol–water partition coefficient (Wildman–Crippen LogP) is 7.51. The minimum atomic E-state index is -0.941. The molecule has 0 atom stereocenters. The highest BCUT2D eigenvalue weighted by atomic mass is 32.1. The monoisotopic (exact) mass is 697 g/mol. The number of benzene rings is 2. The first-order chi connectivity index (χ1) is 24.3. The molecule has 248 valence electrons. The zero-order valence-corrected chi connectivity index (χ0v) is 28.8. The Labute approximate surface area is 295 Å². The molecule has 6 heterocycles. The number of nitrogens with zero attached hydrogens (tertiary/aromatic N) is 6. The molecule has 0 aliphatic heterocycles. The number of thiazole rings is 2. The number of aromatic nitrogens is 6. The molecule has 0 saturated heterocycles. The van der Waals surface area contributed by atoms with Crippen molar-refractivity contribution in [2.75, 3.05) is 0 Å². The zero-order chi connectivity index (χ0) is 34.8. The molecule has 0 aliphatic rings. The van der Waals surface area contributed by atoms with E-state index in [1.54, 1.807) is 4.52 Å². The Morgan fingerprint density at radius 2 is 1.06 bits per heavy atom. The second-order valence-electron chi connectivity index (χ2n) is 11.6. The van der Waals surface area contributed by atoms with Crippen molar-refractivity contribution in [2.24, 2.45) is 5.73 Å². The standard InChI is InChI=1S/C19H16N4OS.C19H15N3O2S/c1-12-16(15-9-5-6-10-23(15)22-12)19-21-14(17(25-19)18(20)24)11-13-7-3-2-4-8-13;1-12-16(15-9-5-6-10-22(15)21-12)18-20-14(17(25-18)19(23)24)11-13-7-3-2-4-8-13/h2-10H,11H2,1H3,(H2,20,24);2-10H,11H2,1H3,(H,23,24). The van der Waals surface area contributed by atoms with Gasteiger partial charge in [-0.2, -0.15) is 10.2 Å². The highest BCUT2D eigenvalue weighted by molar-refractivity contribution is 7.17. The third-order valence-electron chi connectivity index (χ3n) is 8.10. The van der Waals surface area contributed by atoms with Crippen molar-refractivity contribution in [1.82, 2.24) is 29.2 Å². The number of hydrogen-bond donors (Lipinski definition) is 2. The van der Waals surface area contributed by atoms with Gasteiger partial charge in [-0.15, -0.1) is 22.7 Å². The van der Waals surface area contributed by atoms with E-state index in [4.69, 9.17) is 10.7 Å². The lowest BCUT2D eigenvalue weighted by Crippen LogP contribution is -2.11. The summed E-state index contributed by atoms with van der Waals surface area (Å²) in [6, 6.07) is 31.4. The Balaban J connectivity index is 0.000000157. The van der Waals surface area contributed by atoms with Crippen molar-refractivity contribution in [1.29, 1.82) is 0 Å². The molecule has 2 aromatic carbocycles. The molecule has 1 amide bonds. The van der Waals surface area contributed by atoms with E-state index in [-0.39, 0.29) is 4.88 Å². The summed E-state index contributed by atoms with van der Waals surface area (Å²) < 4.78 is 3.62. The quantitative estimate of drug-likeness (QED) is 0.167. The summed E-state index contributed by atoms with van der Waals surface area (Å²) in [6.07, 6.45) is 4.85. The van der Waals surface area contributed by atoms with E-state index >= 15 is 0 Å². The summed E-state index contributed by atoms with van der Waals surface area (Å²) in [6.45, 7) is 3.87. The largest absolute Gasteiger partial charge is 0.477 e. The average Bonchev–Trinajstić information content (AvgIpc) is 3.88. The van der Waals surface area contributed by atoms with Crippen LogP contribution in [-0.4, -0.2) is 46.2 Å². The lowest BCUT2D eigenvalue weighted by Gasteiger charge is -1.99. The van der Waals surface area contributed by atoms with Crippen LogP contribution in [0, 0.1) is 13.8 Å². The maximum Gasteiger partial charge on any atom is 0.347 e. The summed E-state index contributed by atoms with van der Waals surface area (Å²) in [4.78, 5) is 33.8. The van der Waals surface area contributed by atoms with Gasteiger partial charge in [-0.1, -0.05) is 72.8 Å². The Morgan fingerprint density at radius 1 is 0.640 bits per heavy atom. The number of carbonyl (C=O) groups excluding carboxylic acids is 1. The molecule has 0 unspecified atom stereocenters. The topological polar surface area (TPSA) is 141 Å². The number of aromatic carboxylic acids is 1. The molecule has 8 aromatic rings. The lowest BCUT2D eigenvalue weighted by molar-refractivity contribution is 0.0700. The number of carbonyl (C=O) groups is 2. The number of primary amides is 1. The van der Waals surface area contributed by atoms with Gasteiger partial charge in [0.05, 0.1) is 44.9 Å². The highest BCUT2D eigenvalue weighted by Crippen LogP contribution is 2.35. The fourth-order valence-electron chi connectivity index (χ4n) is 5.86. The fourth-order valence-corrected chi connectivity index (χ4v) is 7.92. The smallest absolute Gasteiger partial charge is 0.347 e. The number of aryl methyl sites for hydroxylation is 2. The van der Waals surface area contributed by atoms with E-state index in [1.165, 1.54) is 22.7 Å². The zero-order valence-electron chi connectivity index (χ0n) is 27.1. The van der Waals surface area contributed by atoms with Crippen LogP contribution >= 0.6 is 22.7 Å². The van der Waals surface area contributed by atoms with E-state index in [2.05, 4.69) is 15.2 Å². The first kappa shape index (κ1) is 32.6.